The van der Waals surface area contributed by atoms with Crippen LogP contribution >= 0.6 is 15.6 Å². The first kappa shape index (κ1) is 96.4. The van der Waals surface area contributed by atoms with Gasteiger partial charge >= 0.3 is 33.6 Å². The van der Waals surface area contributed by atoms with E-state index in [1.807, 2.05) is 0 Å². The number of aliphatic hydroxyl groups excluding tert-OH is 2. The summed E-state index contributed by atoms with van der Waals surface area (Å²) in [7, 11) is -9.79. The van der Waals surface area contributed by atoms with Crippen LogP contribution in [0, 0.1) is 0 Å². The second-order valence-electron chi connectivity index (χ2n) is 25.8. The number of phosphoric ester groups is 2. The van der Waals surface area contributed by atoms with Gasteiger partial charge in [-0.05, 0) is 122 Å². The third-order valence-corrected chi connectivity index (χ3v) is 18.0. The zero-order chi connectivity index (χ0) is 73.7. The van der Waals surface area contributed by atoms with Gasteiger partial charge in [-0.1, -0.05) is 308 Å². The molecule has 18 heteroatoms. The minimum Gasteiger partial charge on any atom is -0.463 e. The highest BCUT2D eigenvalue weighted by Crippen LogP contribution is 2.45. The van der Waals surface area contributed by atoms with Crippen LogP contribution in [0.2, 0.25) is 0 Å². The lowest BCUT2D eigenvalue weighted by molar-refractivity contribution is -0.161. The van der Waals surface area contributed by atoms with Crippen molar-refractivity contribution in [3.05, 3.63) is 146 Å². The number of unbranched alkanes of at least 4 members (excludes halogenated alkanes) is 26. The lowest BCUT2D eigenvalue weighted by Gasteiger charge is -2.21. The Bertz CT molecular complexity index is 2420. The van der Waals surface area contributed by atoms with Gasteiger partial charge in [-0.3, -0.25) is 32.5 Å². The lowest BCUT2D eigenvalue weighted by atomic mass is 10.0. The molecule has 16 nitrogen and oxygen atoms in total. The fourth-order valence-corrected chi connectivity index (χ4v) is 11.8. The molecule has 0 aromatic rings. The number of esters is 3. The molecule has 4 N–H and O–H groups in total. The number of carbonyl (C=O) groups excluding carboxylic acids is 3. The van der Waals surface area contributed by atoms with Gasteiger partial charge in [0.05, 0.1) is 26.4 Å². The molecular formula is C83H140O16P2. The van der Waals surface area contributed by atoms with Gasteiger partial charge in [-0.25, -0.2) is 9.13 Å². The van der Waals surface area contributed by atoms with Crippen molar-refractivity contribution < 1.29 is 75.8 Å². The molecule has 0 saturated heterocycles. The van der Waals surface area contributed by atoms with Crippen LogP contribution in [-0.2, 0) is 55.8 Å². The maximum atomic E-state index is 12.9. The Morgan fingerprint density at radius 3 is 0.832 bits per heavy atom. The summed E-state index contributed by atoms with van der Waals surface area (Å²) in [6, 6.07) is 0. The molecule has 0 rings (SSSR count). The molecule has 0 aliphatic carbocycles. The lowest BCUT2D eigenvalue weighted by Crippen LogP contribution is -2.30. The summed E-state index contributed by atoms with van der Waals surface area (Å²) in [4.78, 5) is 58.5. The van der Waals surface area contributed by atoms with Gasteiger partial charge in [-0.15, -0.1) is 0 Å². The predicted molar refractivity (Wildman–Crippen MR) is 417 cm³/mol. The van der Waals surface area contributed by atoms with Crippen LogP contribution in [0.4, 0.5) is 0 Å². The fourth-order valence-electron chi connectivity index (χ4n) is 10.2. The summed E-state index contributed by atoms with van der Waals surface area (Å²) in [5, 5.41) is 20.6. The van der Waals surface area contributed by atoms with Crippen LogP contribution in [0.15, 0.2) is 146 Å². The second kappa shape index (κ2) is 75.1. The smallest absolute Gasteiger partial charge is 0.463 e. The third kappa shape index (κ3) is 76.4. The van der Waals surface area contributed by atoms with E-state index in [1.165, 1.54) is 89.9 Å². The van der Waals surface area contributed by atoms with Crippen LogP contribution in [0.3, 0.4) is 0 Å². The molecule has 578 valence electrons. The monoisotopic (exact) mass is 1450 g/mol. The van der Waals surface area contributed by atoms with E-state index in [2.05, 4.69) is 167 Å². The van der Waals surface area contributed by atoms with E-state index >= 15 is 0 Å². The minimum absolute atomic E-state index is 0.0978. The summed E-state index contributed by atoms with van der Waals surface area (Å²) in [5.41, 5.74) is 0. The highest BCUT2D eigenvalue weighted by atomic mass is 31.2. The largest absolute Gasteiger partial charge is 0.472 e. The number of aliphatic hydroxyl groups is 2. The SMILES string of the molecule is CC/C=C\C/C=C\C/C=C\C/C=C\C/C=C\C/C=C\CCCCCCCCCCCCCCC(=O)OCC(O)COP(=O)(O)OCC(O)COP(=O)(O)OCC(COC(=O)CCCCCC/C=C\C/C=C\C/C=C\C/C=C\C/C=C\C/C=C\CC)OC(=O)CCCCCCCCCCCCC. The van der Waals surface area contributed by atoms with E-state index in [9.17, 15) is 43.5 Å². The van der Waals surface area contributed by atoms with Gasteiger partial charge < -0.3 is 34.2 Å². The van der Waals surface area contributed by atoms with E-state index in [4.69, 9.17) is 32.3 Å². The molecule has 0 amide bonds. The maximum Gasteiger partial charge on any atom is 0.472 e. The number of carbonyl (C=O) groups is 3. The molecule has 0 aliphatic rings. The van der Waals surface area contributed by atoms with Crippen molar-refractivity contribution in [2.24, 2.45) is 0 Å². The molecule has 0 aromatic carbocycles. The molecule has 0 saturated carbocycles. The molecule has 0 aliphatic heterocycles. The van der Waals surface area contributed by atoms with E-state index < -0.39 is 91.5 Å². The highest BCUT2D eigenvalue weighted by molar-refractivity contribution is 7.47. The molecule has 0 heterocycles. The van der Waals surface area contributed by atoms with Crippen molar-refractivity contribution in [2.75, 3.05) is 39.6 Å². The number of rotatable bonds is 73. The normalized spacial score (nSPS) is 14.8. The van der Waals surface area contributed by atoms with E-state index in [0.717, 1.165) is 154 Å². The van der Waals surface area contributed by atoms with Gasteiger partial charge in [0.15, 0.2) is 6.10 Å². The van der Waals surface area contributed by atoms with Crippen LogP contribution in [0.1, 0.15) is 303 Å². The zero-order valence-electron chi connectivity index (χ0n) is 63.0. The molecule has 0 bridgehead atoms. The minimum atomic E-state index is -4.93. The average molecular weight is 1460 g/mol. The van der Waals surface area contributed by atoms with Gasteiger partial charge in [0.2, 0.25) is 0 Å². The van der Waals surface area contributed by atoms with Gasteiger partial charge in [-0.2, -0.15) is 0 Å². The summed E-state index contributed by atoms with van der Waals surface area (Å²) in [6.07, 6.45) is 91.9. The topological polar surface area (TPSA) is 231 Å². The third-order valence-electron chi connectivity index (χ3n) is 16.1. The van der Waals surface area contributed by atoms with E-state index in [0.29, 0.717) is 19.3 Å². The first-order valence-electron chi connectivity index (χ1n) is 39.1. The molecule has 101 heavy (non-hydrogen) atoms. The van der Waals surface area contributed by atoms with Gasteiger partial charge in [0.25, 0.3) is 0 Å². The maximum absolute atomic E-state index is 12.9. The van der Waals surface area contributed by atoms with Crippen LogP contribution < -0.4 is 0 Å². The van der Waals surface area contributed by atoms with Gasteiger partial charge in [0, 0.05) is 19.3 Å². The molecule has 0 spiro atoms. The Morgan fingerprint density at radius 2 is 0.525 bits per heavy atom. The Hall–Kier alpha value is -4.57. The van der Waals surface area contributed by atoms with Crippen LogP contribution in [-0.4, -0.2) is 95.9 Å². The Balaban J connectivity index is 4.46. The summed E-state index contributed by atoms with van der Waals surface area (Å²) < 4.78 is 61.0. The summed E-state index contributed by atoms with van der Waals surface area (Å²) >= 11 is 0. The molecule has 0 fully saturated rings. The number of phosphoric acid groups is 2. The fraction of sp³-hybridized carbons (Fsp3) is 0.675. The molecule has 0 radical (unpaired) electrons. The van der Waals surface area contributed by atoms with Crippen LogP contribution in [0.5, 0.6) is 0 Å². The number of hydrogen-bond donors (Lipinski definition) is 4. The van der Waals surface area contributed by atoms with Crippen LogP contribution in [0.25, 0.3) is 0 Å². The van der Waals surface area contributed by atoms with Gasteiger partial charge in [0.1, 0.15) is 25.4 Å². The van der Waals surface area contributed by atoms with Crippen molar-refractivity contribution >= 4 is 33.6 Å². The molecule has 0 aromatic heterocycles. The van der Waals surface area contributed by atoms with Crippen molar-refractivity contribution in [1.82, 2.24) is 0 Å². The summed E-state index contributed by atoms with van der Waals surface area (Å²) in [6.45, 7) is 2.41. The average Bonchev–Trinajstić information content (AvgIpc) is 0.947. The Morgan fingerprint density at radius 1 is 0.287 bits per heavy atom. The predicted octanol–water partition coefficient (Wildman–Crippen LogP) is 22.9. The highest BCUT2D eigenvalue weighted by Gasteiger charge is 2.29. The molecule has 5 unspecified atom stereocenters. The van der Waals surface area contributed by atoms with Crippen molar-refractivity contribution in [3.8, 4) is 0 Å². The molecule has 5 atom stereocenters. The number of hydrogen-bond acceptors (Lipinski definition) is 14. The molecular weight excluding hydrogens is 1310 g/mol. The Labute approximate surface area is 613 Å². The zero-order valence-corrected chi connectivity index (χ0v) is 64.8. The van der Waals surface area contributed by atoms with E-state index in [1.54, 1.807) is 0 Å². The Kier molecular flexibility index (Phi) is 71.7. The first-order chi connectivity index (χ1) is 49.2. The number of ether oxygens (including phenoxy) is 3. The summed E-state index contributed by atoms with van der Waals surface area (Å²) in [5.74, 6) is -1.61. The van der Waals surface area contributed by atoms with Crippen molar-refractivity contribution in [3.63, 3.8) is 0 Å². The quantitative estimate of drug-likeness (QED) is 0.0146. The van der Waals surface area contributed by atoms with Crippen molar-refractivity contribution in [1.29, 1.82) is 0 Å². The first-order valence-corrected chi connectivity index (χ1v) is 42.1. The number of allylic oxidation sites excluding steroid dienone is 24. The van der Waals surface area contributed by atoms with Crippen molar-refractivity contribution in [2.45, 2.75) is 322 Å². The standard InChI is InChI=1S/C83H140O16P2/c1-4-7-10-13-16-19-22-24-26-28-30-32-34-35-36-37-38-39-40-41-43-45-46-48-50-52-55-57-60-63-66-69-81(86)93-72-78(84)73-95-100(89,90)96-74-79(85)75-97-101(91,92)98-77-80(99-83(88)71-68-65-62-59-54-21-18-15-12-9-6-3)76-94-82(87)70-67-64-61-58-56-53-51-49-47-44-42-33-31-29-27-25-23-20-17-14-11-8-5-2/h7-8,10-11,16-17,19-20,24-27,30-33,35-36,38-39,44,47,51,53,78-80,84-85H,4-6,9,12-15,18,21-23,28-29,34,37,40-43,45-46,48-50,52,54-77H2,1-3H3,(H,89,90)(H,91,92)/b10-7-,11-8-,19-16-,20-17-,26-24-,27-25-,32-30-,33-31-,36-35-,39-38-,47-44-,53-51-. The van der Waals surface area contributed by atoms with E-state index in [-0.39, 0.29) is 19.3 Å². The second-order valence-corrected chi connectivity index (χ2v) is 28.7.